The van der Waals surface area contributed by atoms with E-state index in [1.807, 2.05) is 17.9 Å². The minimum Gasteiger partial charge on any atom is -0.370 e. The molecule has 1 aromatic rings. The number of aromatic nitrogens is 2. The fourth-order valence-electron chi connectivity index (χ4n) is 2.45. The Balaban J connectivity index is 2.01. The Labute approximate surface area is 126 Å². The van der Waals surface area contributed by atoms with Gasteiger partial charge >= 0.3 is 0 Å². The third-order valence-corrected chi connectivity index (χ3v) is 3.71. The van der Waals surface area contributed by atoms with Crippen molar-refractivity contribution in [1.29, 1.82) is 0 Å². The van der Waals surface area contributed by atoms with Crippen LogP contribution in [-0.4, -0.2) is 53.5 Å². The van der Waals surface area contributed by atoms with Crippen LogP contribution in [0.1, 0.15) is 32.5 Å². The SMILES string of the molecule is CCCCNc1cc(N2CCN(C(C)=O)CC2)nc(C)n1. The molecule has 1 fully saturated rings. The number of rotatable bonds is 5. The highest BCUT2D eigenvalue weighted by molar-refractivity contribution is 5.73. The summed E-state index contributed by atoms with van der Waals surface area (Å²) in [5.41, 5.74) is 0. The first kappa shape index (κ1) is 15.5. The van der Waals surface area contributed by atoms with Gasteiger partial charge in [-0.1, -0.05) is 13.3 Å². The van der Waals surface area contributed by atoms with Gasteiger partial charge in [0.2, 0.25) is 5.91 Å². The number of nitrogens with zero attached hydrogens (tertiary/aromatic N) is 4. The van der Waals surface area contributed by atoms with Crippen molar-refractivity contribution in [3.05, 3.63) is 11.9 Å². The molecule has 21 heavy (non-hydrogen) atoms. The summed E-state index contributed by atoms with van der Waals surface area (Å²) in [7, 11) is 0. The number of amides is 1. The Hall–Kier alpha value is -1.85. The minimum absolute atomic E-state index is 0.149. The predicted molar refractivity (Wildman–Crippen MR) is 84.6 cm³/mol. The number of hydrogen-bond acceptors (Lipinski definition) is 5. The quantitative estimate of drug-likeness (QED) is 0.836. The molecule has 0 atom stereocenters. The molecule has 1 N–H and O–H groups in total. The molecule has 0 unspecified atom stereocenters. The molecule has 1 amide bonds. The van der Waals surface area contributed by atoms with Crippen LogP contribution >= 0.6 is 0 Å². The third kappa shape index (κ3) is 4.31. The van der Waals surface area contributed by atoms with E-state index in [0.29, 0.717) is 0 Å². The van der Waals surface area contributed by atoms with E-state index in [-0.39, 0.29) is 5.91 Å². The van der Waals surface area contributed by atoms with Crippen LogP contribution in [0.4, 0.5) is 11.6 Å². The summed E-state index contributed by atoms with van der Waals surface area (Å²) >= 11 is 0. The number of anilines is 2. The molecular formula is C15H25N5O. The molecule has 1 saturated heterocycles. The summed E-state index contributed by atoms with van der Waals surface area (Å²) in [6, 6.07) is 2.01. The summed E-state index contributed by atoms with van der Waals surface area (Å²) < 4.78 is 0. The monoisotopic (exact) mass is 291 g/mol. The molecule has 0 radical (unpaired) electrons. The predicted octanol–water partition coefficient (Wildman–Crippen LogP) is 1.67. The second-order valence-electron chi connectivity index (χ2n) is 5.43. The molecule has 0 aliphatic carbocycles. The molecule has 1 aromatic heterocycles. The van der Waals surface area contributed by atoms with Crippen LogP contribution in [0.15, 0.2) is 6.07 Å². The maximum atomic E-state index is 11.4. The van der Waals surface area contributed by atoms with Crippen LogP contribution in [-0.2, 0) is 4.79 Å². The molecule has 6 nitrogen and oxygen atoms in total. The molecule has 0 bridgehead atoms. The number of piperazine rings is 1. The molecule has 1 aliphatic rings. The Morgan fingerprint density at radius 1 is 1.29 bits per heavy atom. The fourth-order valence-corrected chi connectivity index (χ4v) is 2.45. The number of aryl methyl sites for hydroxylation is 1. The van der Waals surface area contributed by atoms with E-state index in [1.165, 1.54) is 0 Å². The highest BCUT2D eigenvalue weighted by Crippen LogP contribution is 2.18. The van der Waals surface area contributed by atoms with E-state index in [0.717, 1.165) is 63.0 Å². The van der Waals surface area contributed by atoms with Gasteiger partial charge in [-0.25, -0.2) is 9.97 Å². The lowest BCUT2D eigenvalue weighted by Gasteiger charge is -2.35. The van der Waals surface area contributed by atoms with Gasteiger partial charge in [0.15, 0.2) is 0 Å². The minimum atomic E-state index is 0.149. The summed E-state index contributed by atoms with van der Waals surface area (Å²) in [5, 5.41) is 3.35. The number of carbonyl (C=O) groups is 1. The van der Waals surface area contributed by atoms with Crippen molar-refractivity contribution in [1.82, 2.24) is 14.9 Å². The normalized spacial score (nSPS) is 15.2. The molecule has 0 aromatic carbocycles. The lowest BCUT2D eigenvalue weighted by Crippen LogP contribution is -2.48. The van der Waals surface area contributed by atoms with Gasteiger partial charge < -0.3 is 15.1 Å². The van der Waals surface area contributed by atoms with Crippen molar-refractivity contribution < 1.29 is 4.79 Å². The Morgan fingerprint density at radius 2 is 2.00 bits per heavy atom. The van der Waals surface area contributed by atoms with Crippen molar-refractivity contribution >= 4 is 17.5 Å². The lowest BCUT2D eigenvalue weighted by atomic mass is 10.3. The molecule has 0 saturated carbocycles. The van der Waals surface area contributed by atoms with Gasteiger partial charge in [0.1, 0.15) is 17.5 Å². The molecular weight excluding hydrogens is 266 g/mol. The number of unbranched alkanes of at least 4 members (excludes halogenated alkanes) is 1. The summed E-state index contributed by atoms with van der Waals surface area (Å²) in [5.74, 6) is 2.76. The maximum absolute atomic E-state index is 11.4. The van der Waals surface area contributed by atoms with Crippen LogP contribution in [0, 0.1) is 6.92 Å². The largest absolute Gasteiger partial charge is 0.370 e. The van der Waals surface area contributed by atoms with E-state index in [9.17, 15) is 4.79 Å². The van der Waals surface area contributed by atoms with Gasteiger partial charge in [-0.15, -0.1) is 0 Å². The molecule has 6 heteroatoms. The van der Waals surface area contributed by atoms with E-state index < -0.39 is 0 Å². The van der Waals surface area contributed by atoms with Crippen LogP contribution in [0.3, 0.4) is 0 Å². The van der Waals surface area contributed by atoms with Crippen LogP contribution in [0.2, 0.25) is 0 Å². The summed E-state index contributed by atoms with van der Waals surface area (Å²) in [4.78, 5) is 24.4. The first-order valence-electron chi connectivity index (χ1n) is 7.70. The van der Waals surface area contributed by atoms with Gasteiger partial charge in [-0.3, -0.25) is 4.79 Å². The molecule has 1 aliphatic heterocycles. The standard InChI is InChI=1S/C15H25N5O/c1-4-5-6-16-14-11-15(18-12(2)17-14)20-9-7-19(8-10-20)13(3)21/h11H,4-10H2,1-3H3,(H,16,17,18). The summed E-state index contributed by atoms with van der Waals surface area (Å²) in [6.45, 7) is 9.82. The zero-order valence-corrected chi connectivity index (χ0v) is 13.2. The number of nitrogens with one attached hydrogen (secondary N) is 1. The second kappa shape index (κ2) is 7.24. The average Bonchev–Trinajstić information content (AvgIpc) is 2.47. The highest BCUT2D eigenvalue weighted by Gasteiger charge is 2.20. The van der Waals surface area contributed by atoms with Gasteiger partial charge in [0.25, 0.3) is 0 Å². The van der Waals surface area contributed by atoms with E-state index >= 15 is 0 Å². The maximum Gasteiger partial charge on any atom is 0.219 e. The van der Waals surface area contributed by atoms with Crippen molar-refractivity contribution in [2.24, 2.45) is 0 Å². The van der Waals surface area contributed by atoms with E-state index in [2.05, 4.69) is 27.1 Å². The number of hydrogen-bond donors (Lipinski definition) is 1. The van der Waals surface area contributed by atoms with Crippen LogP contribution in [0.25, 0.3) is 0 Å². The molecule has 0 spiro atoms. The first-order valence-corrected chi connectivity index (χ1v) is 7.70. The van der Waals surface area contributed by atoms with Crippen molar-refractivity contribution in [3.63, 3.8) is 0 Å². The Morgan fingerprint density at radius 3 is 2.62 bits per heavy atom. The molecule has 2 heterocycles. The number of carbonyl (C=O) groups excluding carboxylic acids is 1. The van der Waals surface area contributed by atoms with Crippen molar-refractivity contribution in [2.45, 2.75) is 33.6 Å². The van der Waals surface area contributed by atoms with Gasteiger partial charge in [0.05, 0.1) is 0 Å². The van der Waals surface area contributed by atoms with Crippen LogP contribution in [0.5, 0.6) is 0 Å². The van der Waals surface area contributed by atoms with Crippen molar-refractivity contribution in [2.75, 3.05) is 42.9 Å². The Bertz CT molecular complexity index is 483. The van der Waals surface area contributed by atoms with E-state index in [1.54, 1.807) is 6.92 Å². The van der Waals surface area contributed by atoms with Gasteiger partial charge in [0, 0.05) is 45.7 Å². The Kier molecular flexibility index (Phi) is 5.36. The smallest absolute Gasteiger partial charge is 0.219 e. The van der Waals surface area contributed by atoms with Gasteiger partial charge in [-0.05, 0) is 13.3 Å². The second-order valence-corrected chi connectivity index (χ2v) is 5.43. The van der Waals surface area contributed by atoms with E-state index in [4.69, 9.17) is 0 Å². The lowest BCUT2D eigenvalue weighted by molar-refractivity contribution is -0.129. The average molecular weight is 291 g/mol. The topological polar surface area (TPSA) is 61.4 Å². The van der Waals surface area contributed by atoms with Gasteiger partial charge in [-0.2, -0.15) is 0 Å². The molecule has 2 rings (SSSR count). The highest BCUT2D eigenvalue weighted by atomic mass is 16.2. The fraction of sp³-hybridized carbons (Fsp3) is 0.667. The van der Waals surface area contributed by atoms with Crippen LogP contribution < -0.4 is 10.2 Å². The summed E-state index contributed by atoms with van der Waals surface area (Å²) in [6.07, 6.45) is 2.30. The zero-order valence-electron chi connectivity index (χ0n) is 13.2. The first-order chi connectivity index (χ1) is 10.1. The van der Waals surface area contributed by atoms with Crippen molar-refractivity contribution in [3.8, 4) is 0 Å². The third-order valence-electron chi connectivity index (χ3n) is 3.71. The zero-order chi connectivity index (χ0) is 15.2. The molecule has 116 valence electrons.